The number of ether oxygens (including phenoxy) is 2. The average molecular weight is 528 g/mol. The smallest absolute Gasteiger partial charge is 0.308 e. The van der Waals surface area contributed by atoms with Gasteiger partial charge in [0.2, 0.25) is 0 Å². The molecule has 0 fully saturated rings. The molecule has 1 atom stereocenters. The Morgan fingerprint density at radius 3 is 2.76 bits per heavy atom. The van der Waals surface area contributed by atoms with Crippen LogP contribution in [0.15, 0.2) is 36.4 Å². The van der Waals surface area contributed by atoms with Crippen molar-refractivity contribution >= 4 is 29.2 Å². The number of nitrogens with one attached hydrogen (secondary N) is 2. The van der Waals surface area contributed by atoms with Crippen molar-refractivity contribution in [3.8, 4) is 22.9 Å². The predicted octanol–water partition coefficient (Wildman–Crippen LogP) is 3.66. The number of aliphatic hydroxyl groups excluding tert-OH is 1. The Bertz CT molecular complexity index is 1310. The Morgan fingerprint density at radius 2 is 2.05 bits per heavy atom. The first-order chi connectivity index (χ1) is 17.5. The van der Waals surface area contributed by atoms with Gasteiger partial charge in [0.15, 0.2) is 12.4 Å². The molecule has 0 radical (unpaired) electrons. The highest BCUT2D eigenvalue weighted by Gasteiger charge is 2.27. The second kappa shape index (κ2) is 10.9. The summed E-state index contributed by atoms with van der Waals surface area (Å²) in [5.41, 5.74) is 1.30. The van der Waals surface area contributed by atoms with Crippen LogP contribution in [-0.2, 0) is 16.1 Å². The van der Waals surface area contributed by atoms with Crippen LogP contribution in [0.2, 0.25) is 5.02 Å². The maximum absolute atomic E-state index is 11.8. The summed E-state index contributed by atoms with van der Waals surface area (Å²) in [5.74, 6) is 1.17. The van der Waals surface area contributed by atoms with Crippen molar-refractivity contribution in [1.82, 2.24) is 20.1 Å². The molecule has 2 aromatic carbocycles. The topological polar surface area (TPSA) is 128 Å². The van der Waals surface area contributed by atoms with Crippen LogP contribution in [0.3, 0.4) is 0 Å². The fraction of sp³-hybridized carbons (Fsp3) is 0.385. The van der Waals surface area contributed by atoms with Crippen molar-refractivity contribution in [1.29, 1.82) is 0 Å². The van der Waals surface area contributed by atoms with Gasteiger partial charge in [0.1, 0.15) is 17.3 Å². The van der Waals surface area contributed by atoms with Crippen LogP contribution in [0.4, 0.5) is 5.69 Å². The van der Waals surface area contributed by atoms with E-state index in [0.717, 1.165) is 11.4 Å². The zero-order valence-electron chi connectivity index (χ0n) is 21.2. The van der Waals surface area contributed by atoms with Crippen molar-refractivity contribution in [3.63, 3.8) is 0 Å². The number of carbonyl (C=O) groups excluding carboxylic acids is 2. The lowest BCUT2D eigenvalue weighted by molar-refractivity contribution is -0.131. The summed E-state index contributed by atoms with van der Waals surface area (Å²) in [6.45, 7) is 7.93. The number of aliphatic hydroxyl groups is 1. The van der Waals surface area contributed by atoms with Gasteiger partial charge in [0, 0.05) is 47.8 Å². The predicted molar refractivity (Wildman–Crippen MR) is 139 cm³/mol. The number of aromatic nitrogens is 3. The Hall–Kier alpha value is -3.47. The molecular weight excluding hydrogens is 498 g/mol. The highest BCUT2D eigenvalue weighted by Crippen LogP contribution is 2.39. The molecule has 1 aliphatic rings. The number of carbonyl (C=O) groups is 2. The van der Waals surface area contributed by atoms with E-state index in [4.69, 9.17) is 21.1 Å². The number of amides is 1. The molecule has 0 unspecified atom stereocenters. The van der Waals surface area contributed by atoms with Gasteiger partial charge in [-0.15, -0.1) is 0 Å². The SMILES string of the molecule is CC(=O)Oc1cc2c(c([C@@H](O)CNC(C)(C)CCn3nc(-c4ccc(Cl)cc4)nc3C)c1)OCC(=O)N2. The van der Waals surface area contributed by atoms with Gasteiger partial charge in [-0.25, -0.2) is 9.67 Å². The van der Waals surface area contributed by atoms with E-state index in [-0.39, 0.29) is 30.3 Å². The summed E-state index contributed by atoms with van der Waals surface area (Å²) < 4.78 is 12.6. The second-order valence-electron chi connectivity index (χ2n) is 9.56. The van der Waals surface area contributed by atoms with Crippen LogP contribution < -0.4 is 20.1 Å². The van der Waals surface area contributed by atoms with Crippen molar-refractivity contribution in [2.75, 3.05) is 18.5 Å². The number of rotatable bonds is 9. The summed E-state index contributed by atoms with van der Waals surface area (Å²) in [5, 5.41) is 22.4. The van der Waals surface area contributed by atoms with E-state index in [1.807, 2.05) is 49.7 Å². The van der Waals surface area contributed by atoms with Crippen molar-refractivity contribution < 1.29 is 24.2 Å². The molecule has 196 valence electrons. The van der Waals surface area contributed by atoms with E-state index in [2.05, 4.69) is 20.7 Å². The van der Waals surface area contributed by atoms with Gasteiger partial charge < -0.3 is 25.2 Å². The van der Waals surface area contributed by atoms with Crippen LogP contribution in [0.25, 0.3) is 11.4 Å². The number of fused-ring (bicyclic) bond motifs is 1. The van der Waals surface area contributed by atoms with E-state index >= 15 is 0 Å². The van der Waals surface area contributed by atoms with E-state index < -0.39 is 12.1 Å². The molecule has 2 heterocycles. The molecule has 1 amide bonds. The van der Waals surface area contributed by atoms with Crippen molar-refractivity contribution in [2.45, 2.75) is 52.3 Å². The van der Waals surface area contributed by atoms with Gasteiger partial charge in [-0.1, -0.05) is 11.6 Å². The normalized spacial score (nSPS) is 13.9. The Morgan fingerprint density at radius 1 is 1.32 bits per heavy atom. The summed E-state index contributed by atoms with van der Waals surface area (Å²) >= 11 is 5.98. The molecule has 3 N–H and O–H groups in total. The summed E-state index contributed by atoms with van der Waals surface area (Å²) in [6.07, 6.45) is -0.273. The number of hydrogen-bond acceptors (Lipinski definition) is 8. The molecule has 0 bridgehead atoms. The van der Waals surface area contributed by atoms with Gasteiger partial charge in [-0.3, -0.25) is 9.59 Å². The summed E-state index contributed by atoms with van der Waals surface area (Å²) in [6, 6.07) is 10.4. The molecule has 0 saturated heterocycles. The quantitative estimate of drug-likeness (QED) is 0.284. The lowest BCUT2D eigenvalue weighted by Gasteiger charge is -2.29. The maximum atomic E-state index is 11.8. The number of aryl methyl sites for hydroxylation is 2. The highest BCUT2D eigenvalue weighted by atomic mass is 35.5. The largest absolute Gasteiger partial charge is 0.481 e. The zero-order chi connectivity index (χ0) is 26.7. The Kier molecular flexibility index (Phi) is 7.82. The number of esters is 1. The average Bonchev–Trinajstić information content (AvgIpc) is 3.21. The van der Waals surface area contributed by atoms with Crippen LogP contribution in [0, 0.1) is 6.92 Å². The first-order valence-electron chi connectivity index (χ1n) is 11.9. The minimum atomic E-state index is -0.983. The summed E-state index contributed by atoms with van der Waals surface area (Å²) in [4.78, 5) is 27.8. The molecule has 0 saturated carbocycles. The van der Waals surface area contributed by atoms with Crippen molar-refractivity contribution in [3.05, 3.63) is 52.8 Å². The van der Waals surface area contributed by atoms with Gasteiger partial charge in [-0.05, 0) is 57.5 Å². The van der Waals surface area contributed by atoms with Gasteiger partial charge in [0.25, 0.3) is 5.91 Å². The number of nitrogens with zero attached hydrogens (tertiary/aromatic N) is 3. The fourth-order valence-electron chi connectivity index (χ4n) is 3.98. The molecule has 3 aromatic rings. The summed E-state index contributed by atoms with van der Waals surface area (Å²) in [7, 11) is 0. The minimum Gasteiger partial charge on any atom is -0.481 e. The van der Waals surface area contributed by atoms with E-state index in [1.54, 1.807) is 6.07 Å². The van der Waals surface area contributed by atoms with Gasteiger partial charge in [-0.2, -0.15) is 5.10 Å². The number of β-amino-alcohol motifs (C(OH)–C–C–N with tert-alkyl or cyclic N) is 1. The van der Waals surface area contributed by atoms with Gasteiger partial charge >= 0.3 is 5.97 Å². The molecule has 1 aliphatic heterocycles. The van der Waals surface area contributed by atoms with E-state index in [0.29, 0.717) is 40.8 Å². The van der Waals surface area contributed by atoms with Crippen molar-refractivity contribution in [2.24, 2.45) is 0 Å². The molecule has 4 rings (SSSR count). The van der Waals surface area contributed by atoms with Crippen LogP contribution >= 0.6 is 11.6 Å². The Balaban J connectivity index is 1.42. The highest BCUT2D eigenvalue weighted by molar-refractivity contribution is 6.30. The Labute approximate surface area is 219 Å². The molecule has 0 aliphatic carbocycles. The number of halogens is 1. The first-order valence-corrected chi connectivity index (χ1v) is 12.3. The third-order valence-electron chi connectivity index (χ3n) is 6.02. The van der Waals surface area contributed by atoms with Crippen LogP contribution in [-0.4, -0.2) is 50.4 Å². The zero-order valence-corrected chi connectivity index (χ0v) is 21.9. The second-order valence-corrected chi connectivity index (χ2v) is 10.00. The van der Waals surface area contributed by atoms with E-state index in [1.165, 1.54) is 13.0 Å². The molecule has 11 heteroatoms. The van der Waals surface area contributed by atoms with Crippen LogP contribution in [0.1, 0.15) is 44.7 Å². The third kappa shape index (κ3) is 6.65. The standard InChI is InChI=1S/C26H30ClN5O5/c1-15-29-25(17-5-7-18(27)8-6-17)31-32(15)10-9-26(3,4)28-13-22(34)20-11-19(37-16(2)33)12-21-24(20)36-14-23(35)30-21/h5-8,11-12,22,28,34H,9-10,13-14H2,1-4H3,(H,30,35)/t22-/m0/s1. The van der Waals surface area contributed by atoms with E-state index in [9.17, 15) is 14.7 Å². The monoisotopic (exact) mass is 527 g/mol. The molecule has 1 aromatic heterocycles. The maximum Gasteiger partial charge on any atom is 0.308 e. The number of anilines is 1. The van der Waals surface area contributed by atoms with Crippen LogP contribution in [0.5, 0.6) is 11.5 Å². The first kappa shape index (κ1) is 26.6. The molecular formula is C26H30ClN5O5. The molecule has 0 spiro atoms. The van der Waals surface area contributed by atoms with Gasteiger partial charge in [0.05, 0.1) is 11.8 Å². The fourth-order valence-corrected chi connectivity index (χ4v) is 4.11. The molecule has 37 heavy (non-hydrogen) atoms. The molecule has 10 nitrogen and oxygen atoms in total. The number of hydrogen-bond donors (Lipinski definition) is 3. The minimum absolute atomic E-state index is 0.159. The lowest BCUT2D eigenvalue weighted by atomic mass is 9.99. The lowest BCUT2D eigenvalue weighted by Crippen LogP contribution is -2.42. The number of benzene rings is 2. The third-order valence-corrected chi connectivity index (χ3v) is 6.27.